The van der Waals surface area contributed by atoms with E-state index >= 15 is 0 Å². The maximum absolute atomic E-state index is 12.5. The smallest absolute Gasteiger partial charge is 0.321 e. The van der Waals surface area contributed by atoms with Gasteiger partial charge in [0, 0.05) is 43.0 Å². The SMILES string of the molecule is CC(=O)Nc1ccc(NC(=O)C2CCN(C(=O)Nc3ccccc3)CC2)cc1. The molecule has 0 radical (unpaired) electrons. The molecule has 4 amide bonds. The van der Waals surface area contributed by atoms with E-state index in [4.69, 9.17) is 0 Å². The van der Waals surface area contributed by atoms with Crippen LogP contribution in [0.15, 0.2) is 54.6 Å². The minimum Gasteiger partial charge on any atom is -0.326 e. The molecular formula is C21H24N4O3. The normalized spacial score (nSPS) is 14.2. The van der Waals surface area contributed by atoms with Crippen molar-refractivity contribution in [3.8, 4) is 0 Å². The van der Waals surface area contributed by atoms with E-state index in [2.05, 4.69) is 16.0 Å². The van der Waals surface area contributed by atoms with Gasteiger partial charge in [0.2, 0.25) is 11.8 Å². The molecule has 0 atom stereocenters. The van der Waals surface area contributed by atoms with Crippen LogP contribution < -0.4 is 16.0 Å². The number of likely N-dealkylation sites (tertiary alicyclic amines) is 1. The lowest BCUT2D eigenvalue weighted by molar-refractivity contribution is -0.121. The number of rotatable bonds is 4. The van der Waals surface area contributed by atoms with E-state index in [9.17, 15) is 14.4 Å². The number of anilines is 3. The number of hydrogen-bond acceptors (Lipinski definition) is 3. The average molecular weight is 380 g/mol. The minimum absolute atomic E-state index is 0.0459. The molecule has 1 aliphatic heterocycles. The van der Waals surface area contributed by atoms with Crippen molar-refractivity contribution in [3.63, 3.8) is 0 Å². The number of piperidine rings is 1. The average Bonchev–Trinajstić information content (AvgIpc) is 2.70. The maximum atomic E-state index is 12.5. The quantitative estimate of drug-likeness (QED) is 0.758. The predicted octanol–water partition coefficient (Wildman–Crippen LogP) is 3.53. The second-order valence-electron chi connectivity index (χ2n) is 6.81. The summed E-state index contributed by atoms with van der Waals surface area (Å²) in [4.78, 5) is 37.6. The zero-order chi connectivity index (χ0) is 19.9. The zero-order valence-electron chi connectivity index (χ0n) is 15.8. The van der Waals surface area contributed by atoms with E-state index < -0.39 is 0 Å². The predicted molar refractivity (Wildman–Crippen MR) is 109 cm³/mol. The first-order valence-corrected chi connectivity index (χ1v) is 9.31. The van der Waals surface area contributed by atoms with Crippen molar-refractivity contribution in [1.82, 2.24) is 4.90 Å². The fourth-order valence-corrected chi connectivity index (χ4v) is 3.15. The fraction of sp³-hybridized carbons (Fsp3) is 0.286. The third-order valence-electron chi connectivity index (χ3n) is 4.65. The maximum Gasteiger partial charge on any atom is 0.321 e. The van der Waals surface area contributed by atoms with Crippen molar-refractivity contribution >= 4 is 34.9 Å². The first-order valence-electron chi connectivity index (χ1n) is 9.31. The van der Waals surface area contributed by atoms with E-state index in [0.29, 0.717) is 37.3 Å². The molecule has 0 spiro atoms. The van der Waals surface area contributed by atoms with Gasteiger partial charge in [0.05, 0.1) is 0 Å². The molecule has 0 unspecified atom stereocenters. The summed E-state index contributed by atoms with van der Waals surface area (Å²) in [7, 11) is 0. The highest BCUT2D eigenvalue weighted by Crippen LogP contribution is 2.21. The van der Waals surface area contributed by atoms with Gasteiger partial charge in [0.1, 0.15) is 0 Å². The fourth-order valence-electron chi connectivity index (χ4n) is 3.15. The van der Waals surface area contributed by atoms with Crippen molar-refractivity contribution < 1.29 is 14.4 Å². The molecule has 2 aromatic rings. The highest BCUT2D eigenvalue weighted by Gasteiger charge is 2.27. The van der Waals surface area contributed by atoms with Crippen molar-refractivity contribution in [2.24, 2.45) is 5.92 Å². The van der Waals surface area contributed by atoms with Gasteiger partial charge in [-0.05, 0) is 49.2 Å². The highest BCUT2D eigenvalue weighted by molar-refractivity contribution is 5.94. The van der Waals surface area contributed by atoms with Gasteiger partial charge in [0.25, 0.3) is 0 Å². The summed E-state index contributed by atoms with van der Waals surface area (Å²) < 4.78 is 0. The first-order chi connectivity index (χ1) is 13.5. The number of carbonyl (C=O) groups is 3. The largest absolute Gasteiger partial charge is 0.326 e. The molecule has 1 heterocycles. The van der Waals surface area contributed by atoms with Gasteiger partial charge >= 0.3 is 6.03 Å². The molecule has 0 aliphatic carbocycles. The Kier molecular flexibility index (Phi) is 6.26. The van der Waals surface area contributed by atoms with Crippen LogP contribution >= 0.6 is 0 Å². The minimum atomic E-state index is -0.140. The van der Waals surface area contributed by atoms with Crippen molar-refractivity contribution in [2.45, 2.75) is 19.8 Å². The molecule has 3 N–H and O–H groups in total. The number of carbonyl (C=O) groups excluding carboxylic acids is 3. The number of nitrogens with zero attached hydrogens (tertiary/aromatic N) is 1. The van der Waals surface area contributed by atoms with Gasteiger partial charge in [-0.25, -0.2) is 4.79 Å². The summed E-state index contributed by atoms with van der Waals surface area (Å²) in [6, 6.07) is 16.2. The molecule has 1 saturated heterocycles. The number of amides is 4. The Morgan fingerprint density at radius 2 is 1.32 bits per heavy atom. The number of nitrogens with one attached hydrogen (secondary N) is 3. The number of benzene rings is 2. The second kappa shape index (κ2) is 9.03. The monoisotopic (exact) mass is 380 g/mol. The molecule has 0 bridgehead atoms. The zero-order valence-corrected chi connectivity index (χ0v) is 15.8. The molecule has 7 heteroatoms. The van der Waals surface area contributed by atoms with E-state index in [1.165, 1.54) is 6.92 Å². The molecular weight excluding hydrogens is 356 g/mol. The molecule has 0 aromatic heterocycles. The summed E-state index contributed by atoms with van der Waals surface area (Å²) in [5.41, 5.74) is 2.13. The van der Waals surface area contributed by atoms with Crippen LogP contribution in [0.1, 0.15) is 19.8 Å². The van der Waals surface area contributed by atoms with Crippen LogP contribution in [0.2, 0.25) is 0 Å². The molecule has 28 heavy (non-hydrogen) atoms. The van der Waals surface area contributed by atoms with Gasteiger partial charge in [-0.15, -0.1) is 0 Å². The highest BCUT2D eigenvalue weighted by atomic mass is 16.2. The Morgan fingerprint density at radius 3 is 1.89 bits per heavy atom. The number of urea groups is 1. The van der Waals surface area contributed by atoms with Gasteiger partial charge in [-0.3, -0.25) is 9.59 Å². The lowest BCUT2D eigenvalue weighted by Crippen LogP contribution is -2.43. The van der Waals surface area contributed by atoms with E-state index in [1.54, 1.807) is 29.2 Å². The number of hydrogen-bond donors (Lipinski definition) is 3. The summed E-state index contributed by atoms with van der Waals surface area (Å²) in [5, 5.41) is 8.46. The van der Waals surface area contributed by atoms with Crippen LogP contribution in [-0.2, 0) is 9.59 Å². The summed E-state index contributed by atoms with van der Waals surface area (Å²) in [6.07, 6.45) is 1.25. The van der Waals surface area contributed by atoms with Crippen molar-refractivity contribution in [3.05, 3.63) is 54.6 Å². The van der Waals surface area contributed by atoms with Gasteiger partial charge in [-0.2, -0.15) is 0 Å². The Morgan fingerprint density at radius 1 is 0.786 bits per heavy atom. The van der Waals surface area contributed by atoms with E-state index in [0.717, 1.165) is 5.69 Å². The van der Waals surface area contributed by atoms with E-state index in [-0.39, 0.29) is 23.8 Å². The summed E-state index contributed by atoms with van der Waals surface area (Å²) in [6.45, 7) is 2.53. The molecule has 2 aromatic carbocycles. The lowest BCUT2D eigenvalue weighted by Gasteiger charge is -2.31. The second-order valence-corrected chi connectivity index (χ2v) is 6.81. The standard InChI is InChI=1S/C21H24N4O3/c1-15(26)22-18-7-9-19(10-8-18)23-20(27)16-11-13-25(14-12-16)21(28)24-17-5-3-2-4-6-17/h2-10,16H,11-14H2,1H3,(H,22,26)(H,23,27)(H,24,28). The van der Waals surface area contributed by atoms with Crippen LogP contribution in [0.25, 0.3) is 0 Å². The molecule has 0 saturated carbocycles. The third-order valence-corrected chi connectivity index (χ3v) is 4.65. The lowest BCUT2D eigenvalue weighted by atomic mass is 9.96. The first kappa shape index (κ1) is 19.4. The Labute approximate surface area is 164 Å². The number of para-hydroxylation sites is 1. The van der Waals surface area contributed by atoms with Crippen LogP contribution in [0.4, 0.5) is 21.9 Å². The molecule has 1 fully saturated rings. The van der Waals surface area contributed by atoms with Gasteiger partial charge in [-0.1, -0.05) is 18.2 Å². The van der Waals surface area contributed by atoms with Crippen molar-refractivity contribution in [2.75, 3.05) is 29.0 Å². The van der Waals surface area contributed by atoms with Gasteiger partial charge < -0.3 is 20.9 Å². The Bertz CT molecular complexity index is 828. The van der Waals surface area contributed by atoms with Crippen LogP contribution in [0, 0.1) is 5.92 Å². The van der Waals surface area contributed by atoms with Gasteiger partial charge in [0.15, 0.2) is 0 Å². The molecule has 146 valence electrons. The summed E-state index contributed by atoms with van der Waals surface area (Å²) >= 11 is 0. The molecule has 1 aliphatic rings. The third kappa shape index (κ3) is 5.33. The van der Waals surface area contributed by atoms with Crippen LogP contribution in [0.3, 0.4) is 0 Å². The van der Waals surface area contributed by atoms with Crippen LogP contribution in [-0.4, -0.2) is 35.8 Å². The van der Waals surface area contributed by atoms with Crippen molar-refractivity contribution in [1.29, 1.82) is 0 Å². The topological polar surface area (TPSA) is 90.5 Å². The molecule has 3 rings (SSSR count). The Hall–Kier alpha value is -3.35. The van der Waals surface area contributed by atoms with E-state index in [1.807, 2.05) is 30.3 Å². The molecule has 7 nitrogen and oxygen atoms in total. The Balaban J connectivity index is 1.47. The van der Waals surface area contributed by atoms with Crippen LogP contribution in [0.5, 0.6) is 0 Å². The summed E-state index contributed by atoms with van der Waals surface area (Å²) in [5.74, 6) is -0.314.